The molecule has 0 saturated carbocycles. The summed E-state index contributed by atoms with van der Waals surface area (Å²) in [6.07, 6.45) is 2.36. The Kier molecular flexibility index (Phi) is 6.29. The first-order valence-corrected chi connectivity index (χ1v) is 9.62. The highest BCUT2D eigenvalue weighted by Gasteiger charge is 2.27. The first-order valence-electron chi connectivity index (χ1n) is 8.64. The van der Waals surface area contributed by atoms with E-state index in [1.54, 1.807) is 24.1 Å². The summed E-state index contributed by atoms with van der Waals surface area (Å²) in [6, 6.07) is 12.0. The molecule has 0 fully saturated rings. The molecule has 6 heteroatoms. The molecule has 0 spiro atoms. The number of hydrogen-bond acceptors (Lipinski definition) is 6. The average molecular weight is 386 g/mol. The third kappa shape index (κ3) is 4.06. The lowest BCUT2D eigenvalue weighted by atomic mass is 10.0. The van der Waals surface area contributed by atoms with Crippen molar-refractivity contribution in [1.29, 1.82) is 0 Å². The van der Waals surface area contributed by atoms with Crippen molar-refractivity contribution in [3.8, 4) is 17.2 Å². The molecule has 1 heterocycles. The average Bonchev–Trinajstić information content (AvgIpc) is 3.16. The number of carbonyl (C=O) groups excluding carboxylic acids is 1. The van der Waals surface area contributed by atoms with E-state index in [0.29, 0.717) is 40.4 Å². The lowest BCUT2D eigenvalue weighted by Gasteiger charge is -2.17. The number of hydrogen-bond donors (Lipinski definition) is 0. The Morgan fingerprint density at radius 2 is 1.78 bits per heavy atom. The first-order chi connectivity index (χ1) is 13.2. The van der Waals surface area contributed by atoms with E-state index < -0.39 is 0 Å². The van der Waals surface area contributed by atoms with E-state index in [9.17, 15) is 4.79 Å². The Morgan fingerprint density at radius 1 is 1.04 bits per heavy atom. The van der Waals surface area contributed by atoms with Crippen molar-refractivity contribution in [1.82, 2.24) is 0 Å². The SMILES string of the molecule is COc1c(C(C)=O)c(OCCCSc2ccccc2)c(OC)c2occc12. The van der Waals surface area contributed by atoms with Gasteiger partial charge in [-0.1, -0.05) is 18.2 Å². The summed E-state index contributed by atoms with van der Waals surface area (Å²) in [5.41, 5.74) is 0.881. The van der Waals surface area contributed by atoms with Crippen molar-refractivity contribution in [3.05, 3.63) is 48.2 Å². The van der Waals surface area contributed by atoms with E-state index in [4.69, 9.17) is 18.6 Å². The predicted molar refractivity (Wildman–Crippen MR) is 107 cm³/mol. The molecule has 0 amide bonds. The molecule has 2 aromatic carbocycles. The fourth-order valence-corrected chi connectivity index (χ4v) is 3.76. The van der Waals surface area contributed by atoms with Crippen LogP contribution in [-0.4, -0.2) is 32.4 Å². The lowest BCUT2D eigenvalue weighted by molar-refractivity contribution is 0.101. The van der Waals surface area contributed by atoms with Crippen LogP contribution in [0.25, 0.3) is 11.0 Å². The van der Waals surface area contributed by atoms with Crippen molar-refractivity contribution in [2.24, 2.45) is 0 Å². The summed E-state index contributed by atoms with van der Waals surface area (Å²) >= 11 is 1.77. The minimum atomic E-state index is -0.151. The van der Waals surface area contributed by atoms with Crippen LogP contribution in [0.2, 0.25) is 0 Å². The van der Waals surface area contributed by atoms with Gasteiger partial charge in [-0.3, -0.25) is 4.79 Å². The third-order valence-corrected chi connectivity index (χ3v) is 5.18. The number of furan rings is 1. The Bertz CT molecular complexity index is 917. The van der Waals surface area contributed by atoms with Gasteiger partial charge in [-0.05, 0) is 31.5 Å². The molecule has 0 aliphatic rings. The van der Waals surface area contributed by atoms with Gasteiger partial charge in [-0.15, -0.1) is 11.8 Å². The molecule has 27 heavy (non-hydrogen) atoms. The number of thioether (sulfide) groups is 1. The van der Waals surface area contributed by atoms with Crippen molar-refractivity contribution in [2.45, 2.75) is 18.2 Å². The van der Waals surface area contributed by atoms with E-state index in [2.05, 4.69) is 12.1 Å². The van der Waals surface area contributed by atoms with Crippen LogP contribution < -0.4 is 14.2 Å². The van der Waals surface area contributed by atoms with E-state index in [0.717, 1.165) is 12.2 Å². The summed E-state index contributed by atoms with van der Waals surface area (Å²) in [4.78, 5) is 13.5. The topological polar surface area (TPSA) is 57.9 Å². The molecular weight excluding hydrogens is 364 g/mol. The van der Waals surface area contributed by atoms with Crippen molar-refractivity contribution in [2.75, 3.05) is 26.6 Å². The van der Waals surface area contributed by atoms with Gasteiger partial charge in [-0.25, -0.2) is 0 Å². The molecule has 0 N–H and O–H groups in total. The van der Waals surface area contributed by atoms with Crippen molar-refractivity contribution < 1.29 is 23.4 Å². The zero-order chi connectivity index (χ0) is 19.2. The van der Waals surface area contributed by atoms with E-state index in [1.165, 1.54) is 26.0 Å². The van der Waals surface area contributed by atoms with Crippen molar-refractivity contribution >= 4 is 28.5 Å². The van der Waals surface area contributed by atoms with Gasteiger partial charge >= 0.3 is 0 Å². The van der Waals surface area contributed by atoms with Gasteiger partial charge in [0.1, 0.15) is 11.3 Å². The summed E-state index contributed by atoms with van der Waals surface area (Å²) in [6.45, 7) is 1.94. The zero-order valence-electron chi connectivity index (χ0n) is 15.6. The number of Topliss-reactive ketones (excluding diaryl/α,β-unsaturated/α-hetero) is 1. The second-order valence-corrected chi connectivity index (χ2v) is 7.02. The fourth-order valence-electron chi connectivity index (χ4n) is 2.91. The summed E-state index contributed by atoms with van der Waals surface area (Å²) < 4.78 is 22.5. The summed E-state index contributed by atoms with van der Waals surface area (Å²) in [5.74, 6) is 1.98. The van der Waals surface area contributed by atoms with E-state index in [1.807, 2.05) is 18.2 Å². The monoisotopic (exact) mass is 386 g/mol. The standard InChI is InChI=1S/C21H22O5S/c1-14(22)17-18(23-2)16-10-12-26-19(16)21(24-3)20(17)25-11-7-13-27-15-8-5-4-6-9-15/h4-6,8-10,12H,7,11,13H2,1-3H3. The number of rotatable bonds is 9. The quantitative estimate of drug-likeness (QED) is 0.286. The predicted octanol–water partition coefficient (Wildman–Crippen LogP) is 5.21. The second-order valence-electron chi connectivity index (χ2n) is 5.85. The molecular formula is C21H22O5S. The Morgan fingerprint density at radius 3 is 2.44 bits per heavy atom. The third-order valence-electron chi connectivity index (χ3n) is 4.08. The zero-order valence-corrected chi connectivity index (χ0v) is 16.4. The first kappa shape index (κ1) is 19.2. The van der Waals surface area contributed by atoms with Gasteiger partial charge in [0, 0.05) is 10.6 Å². The maximum absolute atomic E-state index is 12.3. The van der Waals surface area contributed by atoms with Gasteiger partial charge in [0.25, 0.3) is 0 Å². The van der Waals surface area contributed by atoms with Gasteiger partial charge in [0.15, 0.2) is 17.1 Å². The minimum absolute atomic E-state index is 0.151. The van der Waals surface area contributed by atoms with Crippen LogP contribution in [0.15, 0.2) is 52.0 Å². The number of methoxy groups -OCH3 is 2. The number of carbonyl (C=O) groups is 1. The van der Waals surface area contributed by atoms with Crippen LogP contribution in [0.5, 0.6) is 17.2 Å². The Balaban J connectivity index is 1.80. The second kappa shape index (κ2) is 8.86. The molecule has 3 aromatic rings. The minimum Gasteiger partial charge on any atom is -0.495 e. The van der Waals surface area contributed by atoms with E-state index in [-0.39, 0.29) is 5.78 Å². The van der Waals surface area contributed by atoms with Crippen LogP contribution in [-0.2, 0) is 0 Å². The van der Waals surface area contributed by atoms with Crippen LogP contribution in [0.3, 0.4) is 0 Å². The van der Waals surface area contributed by atoms with E-state index >= 15 is 0 Å². The Labute approximate surface area is 162 Å². The molecule has 1 aromatic heterocycles. The number of benzene rings is 2. The molecule has 5 nitrogen and oxygen atoms in total. The highest BCUT2D eigenvalue weighted by atomic mass is 32.2. The van der Waals surface area contributed by atoms with Crippen LogP contribution in [0, 0.1) is 0 Å². The number of ketones is 1. The lowest BCUT2D eigenvalue weighted by Crippen LogP contribution is -2.08. The molecule has 142 valence electrons. The maximum Gasteiger partial charge on any atom is 0.205 e. The van der Waals surface area contributed by atoms with Gasteiger partial charge in [0.05, 0.1) is 32.5 Å². The molecule has 0 saturated heterocycles. The highest BCUT2D eigenvalue weighted by Crippen LogP contribution is 2.46. The number of ether oxygens (including phenoxy) is 3. The van der Waals surface area contributed by atoms with Gasteiger partial charge < -0.3 is 18.6 Å². The molecule has 0 atom stereocenters. The molecule has 0 aliphatic carbocycles. The maximum atomic E-state index is 12.3. The molecule has 0 bridgehead atoms. The fraction of sp³-hybridized carbons (Fsp3) is 0.286. The normalized spacial score (nSPS) is 10.8. The number of fused-ring (bicyclic) bond motifs is 1. The molecule has 0 aliphatic heterocycles. The molecule has 3 rings (SSSR count). The molecule has 0 radical (unpaired) electrons. The smallest absolute Gasteiger partial charge is 0.205 e. The largest absolute Gasteiger partial charge is 0.495 e. The summed E-state index contributed by atoms with van der Waals surface area (Å²) in [5, 5.41) is 0.687. The van der Waals surface area contributed by atoms with Crippen LogP contribution in [0.4, 0.5) is 0 Å². The van der Waals surface area contributed by atoms with Crippen LogP contribution in [0.1, 0.15) is 23.7 Å². The summed E-state index contributed by atoms with van der Waals surface area (Å²) in [7, 11) is 3.06. The van der Waals surface area contributed by atoms with Gasteiger partial charge in [0.2, 0.25) is 5.75 Å². The van der Waals surface area contributed by atoms with Crippen molar-refractivity contribution in [3.63, 3.8) is 0 Å². The highest BCUT2D eigenvalue weighted by molar-refractivity contribution is 7.99. The van der Waals surface area contributed by atoms with Crippen LogP contribution >= 0.6 is 11.8 Å². The van der Waals surface area contributed by atoms with Gasteiger partial charge in [-0.2, -0.15) is 0 Å². The Hall–Kier alpha value is -2.60. The molecule has 0 unspecified atom stereocenters.